The van der Waals surface area contributed by atoms with Gasteiger partial charge in [-0.25, -0.2) is 0 Å². The predicted molar refractivity (Wildman–Crippen MR) is 167 cm³/mol. The number of aliphatic hydroxyl groups is 1. The fourth-order valence-electron chi connectivity index (χ4n) is 5.95. The van der Waals surface area contributed by atoms with Gasteiger partial charge in [-0.1, -0.05) is 47.3 Å². The molecule has 1 N–H and O–H groups in total. The van der Waals surface area contributed by atoms with Crippen molar-refractivity contribution in [2.24, 2.45) is 0 Å². The molecule has 5 nitrogen and oxygen atoms in total. The Morgan fingerprint density at radius 2 is 1.64 bits per heavy atom. The summed E-state index contributed by atoms with van der Waals surface area (Å²) in [6, 6.07) is 29.4. The van der Waals surface area contributed by atoms with Gasteiger partial charge in [0.15, 0.2) is 5.78 Å². The quantitative estimate of drug-likeness (QED) is 0.110. The molecule has 6 heteroatoms. The molecule has 1 radical (unpaired) electrons. The molecule has 209 valence electrons. The van der Waals surface area contributed by atoms with Gasteiger partial charge in [0.2, 0.25) is 0 Å². The zero-order valence-corrected chi connectivity index (χ0v) is 26.0. The van der Waals surface area contributed by atoms with Crippen LogP contribution < -0.4 is 0 Å². The number of furan rings is 1. The predicted octanol–water partition coefficient (Wildman–Crippen LogP) is 9.25. The maximum Gasteiger partial charge on any atom is 0.155 e. The normalized spacial score (nSPS) is 12.0. The molecular weight excluding hydrogens is 701 g/mol. The van der Waals surface area contributed by atoms with Crippen molar-refractivity contribution in [3.8, 4) is 11.3 Å². The molecule has 8 aromatic rings. The van der Waals surface area contributed by atoms with Crippen LogP contribution in [0.1, 0.15) is 25.0 Å². The van der Waals surface area contributed by atoms with Crippen LogP contribution in [0.3, 0.4) is 0 Å². The number of allylic oxidation sites excluding steroid dienone is 2. The molecule has 0 atom stereocenters. The van der Waals surface area contributed by atoms with Gasteiger partial charge in [-0.15, -0.1) is 23.8 Å². The first-order chi connectivity index (χ1) is 19.8. The summed E-state index contributed by atoms with van der Waals surface area (Å²) in [7, 11) is 0. The molecule has 0 amide bonds. The summed E-state index contributed by atoms with van der Waals surface area (Å²) >= 11 is 0. The van der Waals surface area contributed by atoms with Gasteiger partial charge in [0, 0.05) is 59.4 Å². The smallest absolute Gasteiger partial charge is 0.155 e. The summed E-state index contributed by atoms with van der Waals surface area (Å²) in [5.41, 5.74) is 9.80. The van der Waals surface area contributed by atoms with Crippen LogP contribution in [0.4, 0.5) is 0 Å². The molecule has 4 heterocycles. The van der Waals surface area contributed by atoms with E-state index >= 15 is 0 Å². The standard InChI is InChI=1S/C31H19N2O.C5H8O2.Ir/c1-17-8-12-27-23(13-17)29-28(34-27)15-22-21-14-19(24-10-7-18(2)16-32-24)9-11-26(21)33-25-6-4-3-5-20(25)30(29)31(22)33;1-4(6)3-5(2)7;/h3-8,10-16H,1-2H3;3,6H,1-2H3;/q-1;;/b;4-3-;. The van der Waals surface area contributed by atoms with Gasteiger partial charge >= 0.3 is 0 Å². The number of aromatic nitrogens is 2. The van der Waals surface area contributed by atoms with E-state index in [9.17, 15) is 4.79 Å². The van der Waals surface area contributed by atoms with E-state index in [0.717, 1.165) is 33.5 Å². The van der Waals surface area contributed by atoms with Gasteiger partial charge in [0.1, 0.15) is 11.2 Å². The van der Waals surface area contributed by atoms with Crippen molar-refractivity contribution in [1.29, 1.82) is 0 Å². The number of carbonyl (C=O) groups excluding carboxylic acids is 1. The Morgan fingerprint density at radius 3 is 2.36 bits per heavy atom. The Morgan fingerprint density at radius 1 is 0.857 bits per heavy atom. The Hall–Kier alpha value is -4.51. The van der Waals surface area contributed by atoms with E-state index in [1.54, 1.807) is 0 Å². The minimum absolute atomic E-state index is 0. The average molecular weight is 728 g/mol. The molecule has 4 aromatic heterocycles. The Bertz CT molecular complexity index is 2320. The van der Waals surface area contributed by atoms with Gasteiger partial charge in [-0.05, 0) is 74.1 Å². The number of ketones is 1. The number of rotatable bonds is 2. The monoisotopic (exact) mass is 728 g/mol. The average Bonchev–Trinajstić information content (AvgIpc) is 3.58. The molecule has 0 saturated heterocycles. The molecule has 0 aliphatic rings. The number of hydrogen-bond donors (Lipinski definition) is 1. The summed E-state index contributed by atoms with van der Waals surface area (Å²) in [5.74, 6) is -0.0625. The molecular formula is C36H27IrN2O3-. The van der Waals surface area contributed by atoms with Gasteiger partial charge in [0.05, 0.1) is 11.3 Å². The first kappa shape index (κ1) is 27.6. The van der Waals surface area contributed by atoms with Crippen molar-refractivity contribution in [2.45, 2.75) is 27.7 Å². The maximum atomic E-state index is 10.0. The van der Waals surface area contributed by atoms with E-state index in [2.05, 4.69) is 102 Å². The molecule has 0 aliphatic heterocycles. The number of para-hydroxylation sites is 1. The number of aliphatic hydroxyl groups excluding tert-OH is 1. The van der Waals surface area contributed by atoms with E-state index in [-0.39, 0.29) is 31.6 Å². The second kappa shape index (κ2) is 10.4. The summed E-state index contributed by atoms with van der Waals surface area (Å²) in [6.45, 7) is 7.04. The maximum absolute atomic E-state index is 10.0. The number of nitrogens with zero attached hydrogens (tertiary/aromatic N) is 2. The van der Waals surface area contributed by atoms with Gasteiger partial charge in [-0.3, -0.25) is 4.79 Å². The summed E-state index contributed by atoms with van der Waals surface area (Å²) in [4.78, 5) is 14.7. The minimum Gasteiger partial charge on any atom is -0.512 e. The van der Waals surface area contributed by atoms with Crippen molar-refractivity contribution >= 4 is 65.8 Å². The van der Waals surface area contributed by atoms with Crippen molar-refractivity contribution < 1.29 is 34.4 Å². The van der Waals surface area contributed by atoms with E-state index in [4.69, 9.17) is 9.52 Å². The number of pyridine rings is 1. The van der Waals surface area contributed by atoms with Crippen molar-refractivity contribution in [2.75, 3.05) is 0 Å². The van der Waals surface area contributed by atoms with Crippen LogP contribution in [0.2, 0.25) is 0 Å². The zero-order chi connectivity index (χ0) is 28.4. The van der Waals surface area contributed by atoms with Crippen LogP contribution in [0, 0.1) is 19.9 Å². The third kappa shape index (κ3) is 4.35. The fourth-order valence-corrected chi connectivity index (χ4v) is 5.95. The third-order valence-corrected chi connectivity index (χ3v) is 7.59. The van der Waals surface area contributed by atoms with Crippen molar-refractivity contribution in [3.05, 3.63) is 108 Å². The van der Waals surface area contributed by atoms with Crippen molar-refractivity contribution in [1.82, 2.24) is 9.38 Å². The summed E-state index contributed by atoms with van der Waals surface area (Å²) < 4.78 is 8.81. The van der Waals surface area contributed by atoms with Gasteiger partial charge in [0.25, 0.3) is 0 Å². The first-order valence-electron chi connectivity index (χ1n) is 13.6. The molecule has 8 rings (SSSR count). The number of benzene rings is 4. The second-order valence-corrected chi connectivity index (χ2v) is 10.7. The van der Waals surface area contributed by atoms with Crippen LogP contribution in [0.25, 0.3) is 71.3 Å². The molecule has 0 bridgehead atoms. The van der Waals surface area contributed by atoms with E-state index < -0.39 is 0 Å². The molecule has 0 aliphatic carbocycles. The molecule has 42 heavy (non-hydrogen) atoms. The molecule has 0 fully saturated rings. The van der Waals surface area contributed by atoms with Crippen LogP contribution in [0.5, 0.6) is 0 Å². The van der Waals surface area contributed by atoms with E-state index in [0.29, 0.717) is 0 Å². The topological polar surface area (TPSA) is 67.7 Å². The molecule has 4 aromatic carbocycles. The summed E-state index contributed by atoms with van der Waals surface area (Å²) in [5, 5.41) is 15.7. The van der Waals surface area contributed by atoms with Crippen LogP contribution >= 0.6 is 0 Å². The second-order valence-electron chi connectivity index (χ2n) is 10.7. The Balaban J connectivity index is 0.000000356. The van der Waals surface area contributed by atoms with Gasteiger partial charge < -0.3 is 18.9 Å². The molecule has 0 spiro atoms. The summed E-state index contributed by atoms with van der Waals surface area (Å²) in [6.07, 6.45) is 3.08. The number of aryl methyl sites for hydroxylation is 2. The first-order valence-corrected chi connectivity index (χ1v) is 13.6. The Kier molecular flexibility index (Phi) is 6.84. The van der Waals surface area contributed by atoms with Crippen LogP contribution in [-0.2, 0) is 24.9 Å². The largest absolute Gasteiger partial charge is 0.512 e. The third-order valence-electron chi connectivity index (χ3n) is 7.59. The number of fused-ring (bicyclic) bond motifs is 10. The van der Waals surface area contributed by atoms with E-state index in [1.165, 1.54) is 68.8 Å². The Labute approximate surface area is 255 Å². The van der Waals surface area contributed by atoms with E-state index in [1.807, 2.05) is 6.20 Å². The fraction of sp³-hybridized carbons (Fsp3) is 0.111. The molecule has 0 unspecified atom stereocenters. The number of hydrogen-bond acceptors (Lipinski definition) is 4. The zero-order valence-electron chi connectivity index (χ0n) is 23.6. The minimum atomic E-state index is -0.125. The van der Waals surface area contributed by atoms with Crippen LogP contribution in [-0.4, -0.2) is 20.3 Å². The SMILES string of the molecule is CC(=O)/C=C(/C)O.Cc1ccc(-c2[c-]cc3c(c2)c2cc4oc5ccc(C)cc5c4c4c5ccccc5n3c24)nc1.[Ir]. The molecule has 0 saturated carbocycles. The van der Waals surface area contributed by atoms with Gasteiger partial charge in [-0.2, -0.15) is 0 Å². The van der Waals surface area contributed by atoms with Crippen molar-refractivity contribution in [3.63, 3.8) is 0 Å². The number of carbonyl (C=O) groups is 1. The van der Waals surface area contributed by atoms with Crippen LogP contribution in [0.15, 0.2) is 95.2 Å².